The lowest BCUT2D eigenvalue weighted by Crippen LogP contribution is -2.44. The lowest BCUT2D eigenvalue weighted by Gasteiger charge is -2.21. The normalized spacial score (nSPS) is 12.5. The molecule has 0 saturated heterocycles. The monoisotopic (exact) mass is 409 g/mol. The van der Waals surface area contributed by atoms with E-state index < -0.39 is 23.7 Å². The number of hydrogen-bond acceptors (Lipinski definition) is 4. The first-order chi connectivity index (χ1) is 11.6. The number of rotatable bonds is 5. The first-order valence-corrected chi connectivity index (χ1v) is 8.50. The SMILES string of the molecule is CC(C)(C)OC(=O)NC(Cc1ccc(-c2cccc(Br)c2)o1)C(=O)O. The van der Waals surface area contributed by atoms with Crippen molar-refractivity contribution in [2.45, 2.75) is 38.8 Å². The first-order valence-electron chi connectivity index (χ1n) is 7.71. The number of aliphatic carboxylic acids is 1. The van der Waals surface area contributed by atoms with Crippen LogP contribution in [0.1, 0.15) is 26.5 Å². The summed E-state index contributed by atoms with van der Waals surface area (Å²) in [5, 5.41) is 11.7. The molecule has 7 heteroatoms. The predicted molar refractivity (Wildman–Crippen MR) is 96.3 cm³/mol. The van der Waals surface area contributed by atoms with Crippen LogP contribution in [-0.4, -0.2) is 28.8 Å². The summed E-state index contributed by atoms with van der Waals surface area (Å²) >= 11 is 3.40. The van der Waals surface area contributed by atoms with Gasteiger partial charge < -0.3 is 19.6 Å². The van der Waals surface area contributed by atoms with Crippen molar-refractivity contribution in [1.29, 1.82) is 0 Å². The van der Waals surface area contributed by atoms with E-state index in [1.807, 2.05) is 24.3 Å². The molecule has 1 unspecified atom stereocenters. The highest BCUT2D eigenvalue weighted by molar-refractivity contribution is 9.10. The van der Waals surface area contributed by atoms with Gasteiger partial charge in [0.25, 0.3) is 0 Å². The summed E-state index contributed by atoms with van der Waals surface area (Å²) in [5.41, 5.74) is 0.165. The van der Waals surface area contributed by atoms with E-state index in [9.17, 15) is 14.7 Å². The van der Waals surface area contributed by atoms with Crippen molar-refractivity contribution in [3.8, 4) is 11.3 Å². The van der Waals surface area contributed by atoms with Crippen molar-refractivity contribution in [1.82, 2.24) is 5.32 Å². The van der Waals surface area contributed by atoms with Crippen LogP contribution in [0, 0.1) is 0 Å². The Labute approximate surface area is 154 Å². The van der Waals surface area contributed by atoms with Crippen molar-refractivity contribution in [2.75, 3.05) is 0 Å². The van der Waals surface area contributed by atoms with E-state index >= 15 is 0 Å². The molecule has 1 aromatic heterocycles. The molecular formula is C18H20BrNO5. The molecule has 1 atom stereocenters. The second kappa shape index (κ2) is 7.74. The van der Waals surface area contributed by atoms with Crippen LogP contribution >= 0.6 is 15.9 Å². The number of furan rings is 1. The summed E-state index contributed by atoms with van der Waals surface area (Å²) < 4.78 is 11.7. The summed E-state index contributed by atoms with van der Waals surface area (Å²) in [6, 6.07) is 9.89. The molecule has 0 bridgehead atoms. The van der Waals surface area contributed by atoms with Crippen molar-refractivity contribution in [3.05, 3.63) is 46.6 Å². The van der Waals surface area contributed by atoms with E-state index in [0.29, 0.717) is 11.5 Å². The van der Waals surface area contributed by atoms with Crippen LogP contribution in [-0.2, 0) is 16.0 Å². The highest BCUT2D eigenvalue weighted by atomic mass is 79.9. The number of carboxylic acid groups (broad SMARTS) is 1. The minimum Gasteiger partial charge on any atom is -0.480 e. The second-order valence-corrected chi connectivity index (χ2v) is 7.43. The minimum atomic E-state index is -1.16. The van der Waals surface area contributed by atoms with Gasteiger partial charge in [0.1, 0.15) is 23.2 Å². The second-order valence-electron chi connectivity index (χ2n) is 6.52. The zero-order valence-corrected chi connectivity index (χ0v) is 15.8. The standard InChI is InChI=1S/C18H20BrNO5/c1-18(2,3)25-17(23)20-14(16(21)22)10-13-7-8-15(24-13)11-5-4-6-12(19)9-11/h4-9,14H,10H2,1-3H3,(H,20,23)(H,21,22). The molecule has 0 aliphatic carbocycles. The molecule has 2 N–H and O–H groups in total. The zero-order chi connectivity index (χ0) is 18.6. The van der Waals surface area contributed by atoms with E-state index in [2.05, 4.69) is 21.2 Å². The van der Waals surface area contributed by atoms with E-state index in [4.69, 9.17) is 9.15 Å². The van der Waals surface area contributed by atoms with Gasteiger partial charge in [0.2, 0.25) is 0 Å². The molecule has 134 valence electrons. The molecule has 0 aliphatic rings. The van der Waals surface area contributed by atoms with E-state index in [0.717, 1.165) is 10.0 Å². The maximum atomic E-state index is 11.8. The number of carbonyl (C=O) groups excluding carboxylic acids is 1. The van der Waals surface area contributed by atoms with Gasteiger partial charge in [-0.25, -0.2) is 9.59 Å². The minimum absolute atomic E-state index is 0.0164. The van der Waals surface area contributed by atoms with Gasteiger partial charge in [-0.05, 0) is 45.0 Å². The number of alkyl carbamates (subject to hydrolysis) is 1. The molecule has 0 saturated carbocycles. The van der Waals surface area contributed by atoms with Crippen LogP contribution in [0.25, 0.3) is 11.3 Å². The predicted octanol–water partition coefficient (Wildman–Crippen LogP) is 4.23. The zero-order valence-electron chi connectivity index (χ0n) is 14.2. The van der Waals surface area contributed by atoms with Gasteiger partial charge >= 0.3 is 12.1 Å². The average molecular weight is 410 g/mol. The van der Waals surface area contributed by atoms with E-state index in [1.165, 1.54) is 0 Å². The third-order valence-electron chi connectivity index (χ3n) is 3.17. The molecule has 0 spiro atoms. The van der Waals surface area contributed by atoms with Crippen molar-refractivity contribution < 1.29 is 23.8 Å². The lowest BCUT2D eigenvalue weighted by molar-refractivity contribution is -0.139. The Morgan fingerprint density at radius 2 is 2.00 bits per heavy atom. The third kappa shape index (κ3) is 5.94. The molecule has 0 aliphatic heterocycles. The fraction of sp³-hybridized carbons (Fsp3) is 0.333. The van der Waals surface area contributed by atoms with Crippen LogP contribution in [0.2, 0.25) is 0 Å². The summed E-state index contributed by atoms with van der Waals surface area (Å²) in [6.07, 6.45) is -0.763. The first kappa shape index (κ1) is 19.1. The molecule has 1 aromatic carbocycles. The topological polar surface area (TPSA) is 88.8 Å². The Hall–Kier alpha value is -2.28. The molecule has 1 heterocycles. The van der Waals surface area contributed by atoms with Crippen molar-refractivity contribution >= 4 is 28.0 Å². The van der Waals surface area contributed by atoms with Gasteiger partial charge in [-0.1, -0.05) is 28.1 Å². The number of carbonyl (C=O) groups is 2. The van der Waals surface area contributed by atoms with Gasteiger partial charge in [0.15, 0.2) is 0 Å². The number of hydrogen-bond donors (Lipinski definition) is 2. The summed E-state index contributed by atoms with van der Waals surface area (Å²) in [7, 11) is 0. The number of ether oxygens (including phenoxy) is 1. The Bertz CT molecular complexity index is 763. The number of carboxylic acids is 1. The average Bonchev–Trinajstić information content (AvgIpc) is 2.93. The molecule has 6 nitrogen and oxygen atoms in total. The molecule has 1 amide bonds. The number of benzene rings is 1. The molecule has 2 rings (SSSR count). The van der Waals surface area contributed by atoms with Crippen LogP contribution < -0.4 is 5.32 Å². The van der Waals surface area contributed by atoms with Gasteiger partial charge in [-0.2, -0.15) is 0 Å². The fourth-order valence-electron chi connectivity index (χ4n) is 2.14. The number of halogens is 1. The molecule has 0 fully saturated rings. The third-order valence-corrected chi connectivity index (χ3v) is 3.66. The van der Waals surface area contributed by atoms with Gasteiger partial charge in [0.05, 0.1) is 0 Å². The summed E-state index contributed by atoms with van der Waals surface area (Å²) in [5.74, 6) is -0.0811. The quantitative estimate of drug-likeness (QED) is 0.770. The van der Waals surface area contributed by atoms with Crippen molar-refractivity contribution in [3.63, 3.8) is 0 Å². The Balaban J connectivity index is 2.08. The molecule has 2 aromatic rings. The van der Waals surface area contributed by atoms with E-state index in [1.54, 1.807) is 32.9 Å². The van der Waals surface area contributed by atoms with Gasteiger partial charge in [-0.15, -0.1) is 0 Å². The highest BCUT2D eigenvalue weighted by Crippen LogP contribution is 2.25. The van der Waals surface area contributed by atoms with Gasteiger partial charge in [-0.3, -0.25) is 0 Å². The maximum absolute atomic E-state index is 11.8. The molecular weight excluding hydrogens is 390 g/mol. The summed E-state index contributed by atoms with van der Waals surface area (Å²) in [4.78, 5) is 23.2. The Kier molecular flexibility index (Phi) is 5.89. The van der Waals surface area contributed by atoms with Crippen molar-refractivity contribution in [2.24, 2.45) is 0 Å². The lowest BCUT2D eigenvalue weighted by atomic mass is 10.1. The van der Waals surface area contributed by atoms with Crippen LogP contribution in [0.15, 0.2) is 45.3 Å². The van der Waals surface area contributed by atoms with Crippen LogP contribution in [0.4, 0.5) is 4.79 Å². The van der Waals surface area contributed by atoms with E-state index in [-0.39, 0.29) is 6.42 Å². The Morgan fingerprint density at radius 3 is 2.60 bits per heavy atom. The van der Waals surface area contributed by atoms with Crippen LogP contribution in [0.3, 0.4) is 0 Å². The smallest absolute Gasteiger partial charge is 0.408 e. The maximum Gasteiger partial charge on any atom is 0.408 e. The number of amides is 1. The molecule has 0 radical (unpaired) electrons. The van der Waals surface area contributed by atoms with Crippen LogP contribution in [0.5, 0.6) is 0 Å². The largest absolute Gasteiger partial charge is 0.480 e. The number of nitrogens with one attached hydrogen (secondary N) is 1. The highest BCUT2D eigenvalue weighted by Gasteiger charge is 2.25. The van der Waals surface area contributed by atoms with Gasteiger partial charge in [0, 0.05) is 16.5 Å². The summed E-state index contributed by atoms with van der Waals surface area (Å²) in [6.45, 7) is 5.12. The Morgan fingerprint density at radius 1 is 1.28 bits per heavy atom. The molecule has 25 heavy (non-hydrogen) atoms. The fourth-order valence-corrected chi connectivity index (χ4v) is 2.53.